The summed E-state index contributed by atoms with van der Waals surface area (Å²) in [6.45, 7) is 2.09. The minimum atomic E-state index is -1.07. The number of nitrogens with two attached hydrogens (primary N) is 1. The van der Waals surface area contributed by atoms with Crippen LogP contribution in [0, 0.1) is 0 Å². The molecule has 0 saturated carbocycles. The summed E-state index contributed by atoms with van der Waals surface area (Å²) in [5, 5.41) is 12.7. The van der Waals surface area contributed by atoms with Crippen LogP contribution in [0.2, 0.25) is 5.02 Å². The lowest BCUT2D eigenvalue weighted by Gasteiger charge is -2.15. The van der Waals surface area contributed by atoms with Crippen molar-refractivity contribution in [2.45, 2.75) is 19.8 Å². The zero-order chi connectivity index (χ0) is 15.4. The minimum Gasteiger partial charge on any atom is -0.478 e. The molecule has 0 amide bonds. The first kappa shape index (κ1) is 15.2. The third kappa shape index (κ3) is 3.47. The molecule has 5 heteroatoms. The van der Waals surface area contributed by atoms with Gasteiger partial charge in [0.2, 0.25) is 0 Å². The van der Waals surface area contributed by atoms with E-state index in [1.54, 1.807) is 6.07 Å². The average Bonchev–Trinajstić information content (AvgIpc) is 2.43. The molecular weight excluding hydrogens is 288 g/mol. The normalized spacial score (nSPS) is 10.4. The van der Waals surface area contributed by atoms with E-state index in [2.05, 4.69) is 12.2 Å². The van der Waals surface area contributed by atoms with Gasteiger partial charge in [-0.1, -0.05) is 43.1 Å². The number of anilines is 3. The van der Waals surface area contributed by atoms with Crippen LogP contribution >= 0.6 is 11.6 Å². The molecule has 2 aromatic rings. The zero-order valence-corrected chi connectivity index (χ0v) is 12.4. The van der Waals surface area contributed by atoms with Crippen molar-refractivity contribution in [3.05, 3.63) is 52.5 Å². The van der Waals surface area contributed by atoms with Gasteiger partial charge in [-0.3, -0.25) is 0 Å². The van der Waals surface area contributed by atoms with Crippen LogP contribution in [0.4, 0.5) is 17.1 Å². The van der Waals surface area contributed by atoms with E-state index in [1.165, 1.54) is 6.07 Å². The maximum absolute atomic E-state index is 11.4. The van der Waals surface area contributed by atoms with E-state index >= 15 is 0 Å². The molecule has 110 valence electrons. The first-order chi connectivity index (χ1) is 10.0. The number of para-hydroxylation sites is 1. The number of hydrogen-bond acceptors (Lipinski definition) is 3. The summed E-state index contributed by atoms with van der Waals surface area (Å²) in [5.74, 6) is -1.07. The van der Waals surface area contributed by atoms with Crippen molar-refractivity contribution >= 4 is 34.6 Å². The Morgan fingerprint density at radius 1 is 1.33 bits per heavy atom. The highest BCUT2D eigenvalue weighted by atomic mass is 35.5. The summed E-state index contributed by atoms with van der Waals surface area (Å²) < 4.78 is 0. The van der Waals surface area contributed by atoms with Crippen LogP contribution in [0.15, 0.2) is 36.4 Å². The number of carbonyl (C=O) groups is 1. The van der Waals surface area contributed by atoms with Crippen molar-refractivity contribution < 1.29 is 9.90 Å². The molecule has 0 bridgehead atoms. The lowest BCUT2D eigenvalue weighted by Crippen LogP contribution is -2.06. The fourth-order valence-corrected chi connectivity index (χ4v) is 2.46. The van der Waals surface area contributed by atoms with Crippen molar-refractivity contribution in [3.8, 4) is 0 Å². The molecule has 2 rings (SSSR count). The molecule has 0 unspecified atom stereocenters. The largest absolute Gasteiger partial charge is 0.478 e. The SMILES string of the molecule is CCCc1ccccc1Nc1c(Cl)cc(N)cc1C(=O)O. The summed E-state index contributed by atoms with van der Waals surface area (Å²) in [6, 6.07) is 10.7. The Kier molecular flexibility index (Phi) is 4.70. The number of carboxylic acid groups (broad SMARTS) is 1. The fourth-order valence-electron chi connectivity index (χ4n) is 2.19. The van der Waals surface area contributed by atoms with E-state index < -0.39 is 5.97 Å². The predicted molar refractivity (Wildman–Crippen MR) is 86.5 cm³/mol. The Morgan fingerprint density at radius 2 is 2.05 bits per heavy atom. The van der Waals surface area contributed by atoms with E-state index in [0.29, 0.717) is 16.4 Å². The summed E-state index contributed by atoms with van der Waals surface area (Å²) in [5.41, 5.74) is 8.38. The molecule has 0 aromatic heterocycles. The highest BCUT2D eigenvalue weighted by Gasteiger charge is 2.16. The highest BCUT2D eigenvalue weighted by Crippen LogP contribution is 2.33. The van der Waals surface area contributed by atoms with Crippen LogP contribution in [0.25, 0.3) is 0 Å². The van der Waals surface area contributed by atoms with Crippen LogP contribution in [-0.2, 0) is 6.42 Å². The average molecular weight is 305 g/mol. The second-order valence-electron chi connectivity index (χ2n) is 4.76. The molecule has 0 aliphatic rings. The van der Waals surface area contributed by atoms with Crippen molar-refractivity contribution in [3.63, 3.8) is 0 Å². The third-order valence-corrected chi connectivity index (χ3v) is 3.44. The number of nitrogen functional groups attached to an aromatic ring is 1. The number of aryl methyl sites for hydroxylation is 1. The van der Waals surface area contributed by atoms with Gasteiger partial charge in [0.1, 0.15) is 0 Å². The molecule has 0 radical (unpaired) electrons. The van der Waals surface area contributed by atoms with Crippen LogP contribution in [0.1, 0.15) is 29.3 Å². The quantitative estimate of drug-likeness (QED) is 0.719. The predicted octanol–water partition coefficient (Wildman–Crippen LogP) is 4.32. The van der Waals surface area contributed by atoms with Gasteiger partial charge >= 0.3 is 5.97 Å². The lowest BCUT2D eigenvalue weighted by atomic mass is 10.1. The Morgan fingerprint density at radius 3 is 2.71 bits per heavy atom. The number of benzene rings is 2. The van der Waals surface area contributed by atoms with Crippen molar-refractivity contribution in [1.82, 2.24) is 0 Å². The number of carboxylic acids is 1. The highest BCUT2D eigenvalue weighted by molar-refractivity contribution is 6.34. The minimum absolute atomic E-state index is 0.0614. The zero-order valence-electron chi connectivity index (χ0n) is 11.7. The second-order valence-corrected chi connectivity index (χ2v) is 5.17. The Bertz CT molecular complexity index is 671. The molecule has 0 aliphatic carbocycles. The van der Waals surface area contributed by atoms with Crippen molar-refractivity contribution in [2.24, 2.45) is 0 Å². The maximum atomic E-state index is 11.4. The van der Waals surface area contributed by atoms with E-state index in [1.807, 2.05) is 24.3 Å². The monoisotopic (exact) mass is 304 g/mol. The van der Waals surface area contributed by atoms with E-state index in [-0.39, 0.29) is 5.56 Å². The molecule has 0 spiro atoms. The molecule has 4 nitrogen and oxygen atoms in total. The molecule has 0 fully saturated rings. The van der Waals surface area contributed by atoms with Gasteiger partial charge in [0.25, 0.3) is 0 Å². The van der Waals surface area contributed by atoms with Crippen LogP contribution in [0.5, 0.6) is 0 Å². The van der Waals surface area contributed by atoms with Gasteiger partial charge in [-0.25, -0.2) is 4.79 Å². The Hall–Kier alpha value is -2.20. The van der Waals surface area contributed by atoms with Crippen molar-refractivity contribution in [2.75, 3.05) is 11.1 Å². The van der Waals surface area contributed by atoms with Crippen LogP contribution in [0.3, 0.4) is 0 Å². The summed E-state index contributed by atoms with van der Waals surface area (Å²) in [4.78, 5) is 11.4. The van der Waals surface area contributed by atoms with E-state index in [0.717, 1.165) is 24.1 Å². The van der Waals surface area contributed by atoms with Gasteiger partial charge in [0.15, 0.2) is 0 Å². The Balaban J connectivity index is 2.47. The summed E-state index contributed by atoms with van der Waals surface area (Å²) in [6.07, 6.45) is 1.90. The number of aromatic carboxylic acids is 1. The maximum Gasteiger partial charge on any atom is 0.337 e. The second kappa shape index (κ2) is 6.50. The molecule has 4 N–H and O–H groups in total. The van der Waals surface area contributed by atoms with Crippen LogP contribution < -0.4 is 11.1 Å². The van der Waals surface area contributed by atoms with E-state index in [9.17, 15) is 9.90 Å². The molecule has 21 heavy (non-hydrogen) atoms. The standard InChI is InChI=1S/C16H17ClN2O2/c1-2-5-10-6-3-4-7-14(10)19-15-12(16(20)21)8-11(18)9-13(15)17/h3-4,6-9,19H,2,5,18H2,1H3,(H,20,21). The van der Waals surface area contributed by atoms with Gasteiger partial charge in [0, 0.05) is 11.4 Å². The third-order valence-electron chi connectivity index (χ3n) is 3.14. The van der Waals surface area contributed by atoms with Gasteiger partial charge in [0.05, 0.1) is 16.3 Å². The summed E-state index contributed by atoms with van der Waals surface area (Å²) >= 11 is 6.15. The van der Waals surface area contributed by atoms with Gasteiger partial charge < -0.3 is 16.2 Å². The van der Waals surface area contributed by atoms with Gasteiger partial charge in [-0.05, 0) is 30.2 Å². The first-order valence-corrected chi connectivity index (χ1v) is 7.08. The molecule has 2 aromatic carbocycles. The topological polar surface area (TPSA) is 75.3 Å². The van der Waals surface area contributed by atoms with Crippen molar-refractivity contribution in [1.29, 1.82) is 0 Å². The molecular formula is C16H17ClN2O2. The number of rotatable bonds is 5. The van der Waals surface area contributed by atoms with Crippen LogP contribution in [-0.4, -0.2) is 11.1 Å². The summed E-state index contributed by atoms with van der Waals surface area (Å²) in [7, 11) is 0. The van der Waals surface area contributed by atoms with Gasteiger partial charge in [-0.2, -0.15) is 0 Å². The molecule has 0 aliphatic heterocycles. The Labute approximate surface area is 128 Å². The van der Waals surface area contributed by atoms with Gasteiger partial charge in [-0.15, -0.1) is 0 Å². The molecule has 0 atom stereocenters. The number of halogens is 1. The first-order valence-electron chi connectivity index (χ1n) is 6.70. The fraction of sp³-hybridized carbons (Fsp3) is 0.188. The molecule has 0 saturated heterocycles. The van der Waals surface area contributed by atoms with E-state index in [4.69, 9.17) is 17.3 Å². The lowest BCUT2D eigenvalue weighted by molar-refractivity contribution is 0.0698. The smallest absolute Gasteiger partial charge is 0.337 e. The number of nitrogens with one attached hydrogen (secondary N) is 1. The number of hydrogen-bond donors (Lipinski definition) is 3. The molecule has 0 heterocycles.